The van der Waals surface area contributed by atoms with Crippen molar-refractivity contribution in [2.24, 2.45) is 0 Å². The Bertz CT molecular complexity index is 529. The van der Waals surface area contributed by atoms with Crippen LogP contribution < -0.4 is 5.73 Å². The van der Waals surface area contributed by atoms with E-state index >= 15 is 0 Å². The van der Waals surface area contributed by atoms with Crippen LogP contribution in [0.15, 0.2) is 52.3 Å². The molecule has 0 amide bonds. The van der Waals surface area contributed by atoms with Crippen LogP contribution in [0.1, 0.15) is 30.9 Å². The minimum absolute atomic E-state index is 0.585. The monoisotopic (exact) mass is 257 g/mol. The topological polar surface area (TPSA) is 26.0 Å². The molecule has 0 aliphatic rings. The Balaban J connectivity index is 2.18. The number of aryl methyl sites for hydroxylation is 1. The van der Waals surface area contributed by atoms with Crippen molar-refractivity contribution in [1.82, 2.24) is 0 Å². The molecule has 0 spiro atoms. The fraction of sp³-hybridized carbons (Fsp3) is 0.250. The van der Waals surface area contributed by atoms with Crippen molar-refractivity contribution in [1.29, 1.82) is 0 Å². The molecule has 0 saturated carbocycles. The smallest absolute Gasteiger partial charge is 0.0317 e. The van der Waals surface area contributed by atoms with Gasteiger partial charge >= 0.3 is 0 Å². The molecule has 18 heavy (non-hydrogen) atoms. The molecule has 0 fully saturated rings. The van der Waals surface area contributed by atoms with Gasteiger partial charge in [0.1, 0.15) is 0 Å². The fourth-order valence-corrected chi connectivity index (χ4v) is 2.72. The summed E-state index contributed by atoms with van der Waals surface area (Å²) in [6.45, 7) is 6.53. The second kappa shape index (κ2) is 5.49. The molecular weight excluding hydrogens is 238 g/mol. The molecule has 2 heteroatoms. The van der Waals surface area contributed by atoms with Crippen LogP contribution in [-0.2, 0) is 0 Å². The molecule has 2 aromatic carbocycles. The Hall–Kier alpha value is -1.41. The van der Waals surface area contributed by atoms with Gasteiger partial charge < -0.3 is 5.73 Å². The fourth-order valence-electron chi connectivity index (χ4n) is 1.83. The highest BCUT2D eigenvalue weighted by molar-refractivity contribution is 7.99. The second-order valence-corrected chi connectivity index (χ2v) is 5.97. The lowest BCUT2D eigenvalue weighted by Gasteiger charge is -2.08. The average Bonchev–Trinajstić information content (AvgIpc) is 2.33. The van der Waals surface area contributed by atoms with Crippen LogP contribution in [0, 0.1) is 6.92 Å². The first-order valence-electron chi connectivity index (χ1n) is 6.20. The minimum atomic E-state index is 0.585. The SMILES string of the molecule is Cc1cc(N)ccc1Sc1ccc(C(C)C)cc1. The molecule has 0 aromatic heterocycles. The van der Waals surface area contributed by atoms with E-state index in [0.717, 1.165) is 5.69 Å². The van der Waals surface area contributed by atoms with Crippen molar-refractivity contribution >= 4 is 17.4 Å². The van der Waals surface area contributed by atoms with E-state index in [2.05, 4.69) is 51.1 Å². The summed E-state index contributed by atoms with van der Waals surface area (Å²) in [5.74, 6) is 0.585. The molecule has 0 unspecified atom stereocenters. The molecule has 0 aliphatic heterocycles. The first-order valence-corrected chi connectivity index (χ1v) is 7.02. The van der Waals surface area contributed by atoms with Gasteiger partial charge in [-0.25, -0.2) is 0 Å². The van der Waals surface area contributed by atoms with Crippen molar-refractivity contribution in [2.75, 3.05) is 5.73 Å². The molecule has 0 heterocycles. The van der Waals surface area contributed by atoms with Crippen molar-refractivity contribution in [3.05, 3.63) is 53.6 Å². The number of hydrogen-bond donors (Lipinski definition) is 1. The highest BCUT2D eigenvalue weighted by Gasteiger charge is 2.03. The van der Waals surface area contributed by atoms with Gasteiger partial charge in [-0.2, -0.15) is 0 Å². The molecule has 0 atom stereocenters. The molecule has 0 saturated heterocycles. The first kappa shape index (κ1) is 13.0. The highest BCUT2D eigenvalue weighted by Crippen LogP contribution is 2.31. The summed E-state index contributed by atoms with van der Waals surface area (Å²) in [4.78, 5) is 2.54. The Morgan fingerprint density at radius 1 is 1.00 bits per heavy atom. The quantitative estimate of drug-likeness (QED) is 0.795. The maximum absolute atomic E-state index is 5.76. The van der Waals surface area contributed by atoms with Crippen LogP contribution in [0.5, 0.6) is 0 Å². The van der Waals surface area contributed by atoms with Crippen LogP contribution in [0.2, 0.25) is 0 Å². The molecule has 0 bridgehead atoms. The summed E-state index contributed by atoms with van der Waals surface area (Å²) < 4.78 is 0. The number of nitrogens with two attached hydrogens (primary N) is 1. The lowest BCUT2D eigenvalue weighted by molar-refractivity contribution is 0.865. The van der Waals surface area contributed by atoms with Crippen molar-refractivity contribution in [2.45, 2.75) is 36.5 Å². The molecule has 2 aromatic rings. The number of hydrogen-bond acceptors (Lipinski definition) is 2. The molecular formula is C16H19NS. The number of anilines is 1. The third kappa shape index (κ3) is 3.08. The van der Waals surface area contributed by atoms with E-state index in [-0.39, 0.29) is 0 Å². The number of benzene rings is 2. The van der Waals surface area contributed by atoms with Gasteiger partial charge in [0.25, 0.3) is 0 Å². The van der Waals surface area contributed by atoms with Crippen molar-refractivity contribution < 1.29 is 0 Å². The average molecular weight is 257 g/mol. The summed E-state index contributed by atoms with van der Waals surface area (Å²) in [5.41, 5.74) is 9.20. The maximum atomic E-state index is 5.76. The minimum Gasteiger partial charge on any atom is -0.399 e. The Labute approximate surface area is 113 Å². The third-order valence-corrected chi connectivity index (χ3v) is 4.16. The third-order valence-electron chi connectivity index (χ3n) is 2.97. The van der Waals surface area contributed by atoms with Gasteiger partial charge in [0.15, 0.2) is 0 Å². The number of nitrogen functional groups attached to an aromatic ring is 1. The summed E-state index contributed by atoms with van der Waals surface area (Å²) in [7, 11) is 0. The van der Waals surface area contributed by atoms with Crippen LogP contribution in [-0.4, -0.2) is 0 Å². The molecule has 0 radical (unpaired) electrons. The molecule has 2 N–H and O–H groups in total. The van der Waals surface area contributed by atoms with E-state index in [1.54, 1.807) is 11.8 Å². The largest absolute Gasteiger partial charge is 0.399 e. The normalized spacial score (nSPS) is 10.9. The van der Waals surface area contributed by atoms with Gasteiger partial charge in [-0.3, -0.25) is 0 Å². The van der Waals surface area contributed by atoms with Crippen molar-refractivity contribution in [3.63, 3.8) is 0 Å². The van der Waals surface area contributed by atoms with Gasteiger partial charge in [-0.15, -0.1) is 0 Å². The zero-order valence-corrected chi connectivity index (χ0v) is 11.9. The van der Waals surface area contributed by atoms with E-state index in [4.69, 9.17) is 5.73 Å². The Kier molecular flexibility index (Phi) is 3.97. The summed E-state index contributed by atoms with van der Waals surface area (Å²) in [6, 6.07) is 14.9. The van der Waals surface area contributed by atoms with Gasteiger partial charge in [0, 0.05) is 15.5 Å². The standard InChI is InChI=1S/C16H19NS/c1-11(2)13-4-7-15(8-5-13)18-16-9-6-14(17)10-12(16)3/h4-11H,17H2,1-3H3. The van der Waals surface area contributed by atoms with Crippen LogP contribution in [0.25, 0.3) is 0 Å². The van der Waals surface area contributed by atoms with E-state index < -0.39 is 0 Å². The van der Waals surface area contributed by atoms with Crippen LogP contribution in [0.3, 0.4) is 0 Å². The number of rotatable bonds is 3. The zero-order chi connectivity index (χ0) is 13.1. The second-order valence-electron chi connectivity index (χ2n) is 4.85. The van der Waals surface area contributed by atoms with Gasteiger partial charge in [-0.05, 0) is 54.3 Å². The predicted octanol–water partition coefficient (Wildman–Crippen LogP) is 4.85. The molecule has 94 valence electrons. The van der Waals surface area contributed by atoms with E-state index in [1.165, 1.54) is 20.9 Å². The van der Waals surface area contributed by atoms with Crippen LogP contribution >= 0.6 is 11.8 Å². The Morgan fingerprint density at radius 3 is 2.22 bits per heavy atom. The van der Waals surface area contributed by atoms with Gasteiger partial charge in [-0.1, -0.05) is 37.7 Å². The summed E-state index contributed by atoms with van der Waals surface area (Å²) in [5, 5.41) is 0. The highest BCUT2D eigenvalue weighted by atomic mass is 32.2. The van der Waals surface area contributed by atoms with E-state index in [9.17, 15) is 0 Å². The first-order chi connectivity index (χ1) is 8.56. The Morgan fingerprint density at radius 2 is 1.67 bits per heavy atom. The summed E-state index contributed by atoms with van der Waals surface area (Å²) >= 11 is 1.79. The summed E-state index contributed by atoms with van der Waals surface area (Å²) in [6.07, 6.45) is 0. The van der Waals surface area contributed by atoms with Gasteiger partial charge in [0.05, 0.1) is 0 Å². The van der Waals surface area contributed by atoms with E-state index in [1.807, 2.05) is 12.1 Å². The van der Waals surface area contributed by atoms with Crippen molar-refractivity contribution in [3.8, 4) is 0 Å². The molecule has 1 nitrogen and oxygen atoms in total. The predicted molar refractivity (Wildman–Crippen MR) is 80.2 cm³/mol. The maximum Gasteiger partial charge on any atom is 0.0317 e. The lowest BCUT2D eigenvalue weighted by Crippen LogP contribution is -1.88. The van der Waals surface area contributed by atoms with Crippen LogP contribution in [0.4, 0.5) is 5.69 Å². The van der Waals surface area contributed by atoms with Gasteiger partial charge in [0.2, 0.25) is 0 Å². The molecule has 2 rings (SSSR count). The lowest BCUT2D eigenvalue weighted by atomic mass is 10.0. The molecule has 0 aliphatic carbocycles. The zero-order valence-electron chi connectivity index (χ0n) is 11.1. The van der Waals surface area contributed by atoms with E-state index in [0.29, 0.717) is 5.92 Å².